The van der Waals surface area contributed by atoms with Crippen LogP contribution in [-0.2, 0) is 17.1 Å². The highest BCUT2D eigenvalue weighted by Gasteiger charge is 2.18. The van der Waals surface area contributed by atoms with Gasteiger partial charge in [0.25, 0.3) is 5.91 Å². The molecule has 4 aromatic rings. The van der Waals surface area contributed by atoms with Crippen molar-refractivity contribution in [3.63, 3.8) is 0 Å². The number of rotatable bonds is 5. The number of fused-ring (bicyclic) bond motifs is 1. The van der Waals surface area contributed by atoms with Crippen LogP contribution in [0.4, 0.5) is 11.4 Å². The average Bonchev–Trinajstić information content (AvgIpc) is 3.10. The van der Waals surface area contributed by atoms with Gasteiger partial charge in [-0.05, 0) is 74.5 Å². The zero-order valence-electron chi connectivity index (χ0n) is 18.8. The quantitative estimate of drug-likeness (QED) is 0.391. The molecule has 1 aromatic heterocycles. The summed E-state index contributed by atoms with van der Waals surface area (Å²) in [4.78, 5) is 13.1. The first-order valence-corrected chi connectivity index (χ1v) is 11.8. The molecular formula is C24H25N5O3S. The smallest absolute Gasteiger partial charge is 0.255 e. The highest BCUT2D eigenvalue weighted by molar-refractivity contribution is 7.89. The van der Waals surface area contributed by atoms with Crippen molar-refractivity contribution in [1.82, 2.24) is 14.5 Å². The van der Waals surface area contributed by atoms with Crippen molar-refractivity contribution in [2.75, 3.05) is 18.1 Å². The number of nitrogens with zero attached hydrogens (tertiary/aromatic N) is 2. The first kappa shape index (κ1) is 22.5. The van der Waals surface area contributed by atoms with Gasteiger partial charge in [0.1, 0.15) is 5.69 Å². The van der Waals surface area contributed by atoms with Crippen molar-refractivity contribution in [1.29, 1.82) is 0 Å². The minimum absolute atomic E-state index is 0.117. The van der Waals surface area contributed by atoms with Gasteiger partial charge in [0, 0.05) is 34.9 Å². The molecule has 4 rings (SSSR count). The fraction of sp³-hybridized carbons (Fsp3) is 0.167. The van der Waals surface area contributed by atoms with E-state index >= 15 is 0 Å². The number of nitrogens with one attached hydrogen (secondary N) is 2. The van der Waals surface area contributed by atoms with E-state index in [1.807, 2.05) is 38.2 Å². The maximum Gasteiger partial charge on any atom is 0.255 e. The van der Waals surface area contributed by atoms with E-state index in [9.17, 15) is 13.2 Å². The number of hydrogen-bond donors (Lipinski definition) is 3. The number of carbonyl (C=O) groups is 1. The molecule has 4 N–H and O–H groups in total. The lowest BCUT2D eigenvalue weighted by molar-refractivity contribution is 0.102. The summed E-state index contributed by atoms with van der Waals surface area (Å²) in [5, 5.41) is 8.29. The highest BCUT2D eigenvalue weighted by Crippen LogP contribution is 2.31. The molecule has 0 saturated heterocycles. The minimum atomic E-state index is -3.64. The van der Waals surface area contributed by atoms with Crippen molar-refractivity contribution in [2.45, 2.75) is 18.7 Å². The molecule has 8 nitrogen and oxygen atoms in total. The molecule has 33 heavy (non-hydrogen) atoms. The van der Waals surface area contributed by atoms with Gasteiger partial charge in [-0.3, -0.25) is 9.48 Å². The largest absolute Gasteiger partial charge is 0.399 e. The third-order valence-electron chi connectivity index (χ3n) is 5.62. The molecule has 1 heterocycles. The van der Waals surface area contributed by atoms with Crippen molar-refractivity contribution in [2.24, 2.45) is 7.05 Å². The number of amides is 1. The average molecular weight is 464 g/mol. The Hall–Kier alpha value is -3.69. The molecule has 0 aliphatic carbocycles. The summed E-state index contributed by atoms with van der Waals surface area (Å²) in [5.74, 6) is -0.350. The second-order valence-corrected chi connectivity index (χ2v) is 9.78. The molecule has 0 bridgehead atoms. The van der Waals surface area contributed by atoms with Crippen LogP contribution in [0.2, 0.25) is 0 Å². The van der Waals surface area contributed by atoms with E-state index in [1.54, 1.807) is 35.9 Å². The number of nitrogens with two attached hydrogens (primary N) is 1. The summed E-state index contributed by atoms with van der Waals surface area (Å²) in [6, 6.07) is 15.8. The Morgan fingerprint density at radius 1 is 1.00 bits per heavy atom. The lowest BCUT2D eigenvalue weighted by Crippen LogP contribution is -2.20. The van der Waals surface area contributed by atoms with Crippen LogP contribution in [0.3, 0.4) is 0 Å². The molecule has 0 aliphatic heterocycles. The van der Waals surface area contributed by atoms with Gasteiger partial charge in [0.15, 0.2) is 0 Å². The van der Waals surface area contributed by atoms with Crippen LogP contribution in [0, 0.1) is 13.8 Å². The van der Waals surface area contributed by atoms with Gasteiger partial charge in [0.05, 0.1) is 10.4 Å². The molecule has 0 saturated carbocycles. The highest BCUT2D eigenvalue weighted by atomic mass is 32.2. The van der Waals surface area contributed by atoms with E-state index in [4.69, 9.17) is 5.73 Å². The van der Waals surface area contributed by atoms with E-state index < -0.39 is 10.0 Å². The molecule has 0 aliphatic rings. The first-order valence-electron chi connectivity index (χ1n) is 10.3. The maximum atomic E-state index is 13.0. The van der Waals surface area contributed by atoms with Gasteiger partial charge in [-0.25, -0.2) is 13.1 Å². The number of hydrogen-bond acceptors (Lipinski definition) is 5. The fourth-order valence-corrected chi connectivity index (χ4v) is 4.83. The van der Waals surface area contributed by atoms with E-state index in [-0.39, 0.29) is 10.8 Å². The van der Waals surface area contributed by atoms with Gasteiger partial charge < -0.3 is 11.1 Å². The number of aryl methyl sites for hydroxylation is 3. The number of anilines is 2. The molecule has 9 heteroatoms. The van der Waals surface area contributed by atoms with Crippen LogP contribution in [-0.4, -0.2) is 31.2 Å². The van der Waals surface area contributed by atoms with Crippen LogP contribution in [0.1, 0.15) is 21.5 Å². The summed E-state index contributed by atoms with van der Waals surface area (Å²) in [6.07, 6.45) is 0. The predicted molar refractivity (Wildman–Crippen MR) is 131 cm³/mol. The summed E-state index contributed by atoms with van der Waals surface area (Å²) in [5.41, 5.74) is 11.6. The summed E-state index contributed by atoms with van der Waals surface area (Å²) < 4.78 is 28.6. The van der Waals surface area contributed by atoms with Crippen molar-refractivity contribution in [3.8, 4) is 11.3 Å². The van der Waals surface area contributed by atoms with Crippen LogP contribution in [0.15, 0.2) is 59.5 Å². The Kier molecular flexibility index (Phi) is 5.69. The lowest BCUT2D eigenvalue weighted by Gasteiger charge is -2.11. The van der Waals surface area contributed by atoms with Crippen LogP contribution >= 0.6 is 0 Å². The molecule has 0 atom stereocenters. The van der Waals surface area contributed by atoms with Crippen LogP contribution in [0.5, 0.6) is 0 Å². The number of carbonyl (C=O) groups excluding carboxylic acids is 1. The van der Waals surface area contributed by atoms with Gasteiger partial charge in [-0.1, -0.05) is 12.1 Å². The molecule has 3 aromatic carbocycles. The molecule has 170 valence electrons. The predicted octanol–water partition coefficient (Wildman–Crippen LogP) is 3.60. The third kappa shape index (κ3) is 4.20. The summed E-state index contributed by atoms with van der Waals surface area (Å²) in [6.45, 7) is 3.67. The second-order valence-electron chi connectivity index (χ2n) is 7.92. The molecular weight excluding hydrogens is 438 g/mol. The lowest BCUT2D eigenvalue weighted by atomic mass is 10.0. The third-order valence-corrected chi connectivity index (χ3v) is 7.18. The minimum Gasteiger partial charge on any atom is -0.399 e. The molecule has 0 spiro atoms. The summed E-state index contributed by atoms with van der Waals surface area (Å²) in [7, 11) is -0.436. The Labute approximate surface area is 192 Å². The number of benzene rings is 3. The van der Waals surface area contributed by atoms with Gasteiger partial charge >= 0.3 is 0 Å². The van der Waals surface area contributed by atoms with Gasteiger partial charge in [-0.15, -0.1) is 0 Å². The number of nitrogen functional groups attached to an aromatic ring is 1. The van der Waals surface area contributed by atoms with Crippen LogP contribution < -0.4 is 15.8 Å². The van der Waals surface area contributed by atoms with Crippen molar-refractivity contribution < 1.29 is 13.2 Å². The first-order chi connectivity index (χ1) is 15.6. The zero-order valence-corrected chi connectivity index (χ0v) is 19.6. The SMILES string of the molecule is CNS(=O)(=O)c1cc(NC(=O)c2ccc3c(c2)c(-c2ccc(N)cc2C)nn3C)ccc1C. The Morgan fingerprint density at radius 2 is 1.76 bits per heavy atom. The number of sulfonamides is 1. The Morgan fingerprint density at radius 3 is 2.45 bits per heavy atom. The fourth-order valence-electron chi connectivity index (χ4n) is 3.84. The monoisotopic (exact) mass is 463 g/mol. The van der Waals surface area contributed by atoms with Crippen molar-refractivity contribution >= 4 is 38.2 Å². The maximum absolute atomic E-state index is 13.0. The van der Waals surface area contributed by atoms with E-state index in [0.29, 0.717) is 22.5 Å². The molecule has 0 radical (unpaired) electrons. The zero-order chi connectivity index (χ0) is 23.9. The normalized spacial score (nSPS) is 11.6. The molecule has 1 amide bonds. The standard InChI is InChI=1S/C24H25N5O3S/c1-14-5-8-18(13-22(14)33(31,32)26-3)27-24(30)16-6-10-21-20(12-16)23(28-29(21)4)19-9-7-17(25)11-15(19)2/h5-13,26H,25H2,1-4H3,(H,27,30). The Balaban J connectivity index is 1.72. The second kappa shape index (κ2) is 8.34. The van der Waals surface area contributed by atoms with Gasteiger partial charge in [-0.2, -0.15) is 5.10 Å². The van der Waals surface area contributed by atoms with Crippen molar-refractivity contribution in [3.05, 3.63) is 71.3 Å². The van der Waals surface area contributed by atoms with E-state index in [0.717, 1.165) is 27.7 Å². The van der Waals surface area contributed by atoms with Gasteiger partial charge in [0.2, 0.25) is 10.0 Å². The summed E-state index contributed by atoms with van der Waals surface area (Å²) >= 11 is 0. The van der Waals surface area contributed by atoms with Crippen LogP contribution in [0.25, 0.3) is 22.2 Å². The number of aromatic nitrogens is 2. The Bertz CT molecular complexity index is 1510. The van der Waals surface area contributed by atoms with E-state index in [2.05, 4.69) is 15.1 Å². The molecule has 0 unspecified atom stereocenters. The molecule has 0 fully saturated rings. The van der Waals surface area contributed by atoms with E-state index in [1.165, 1.54) is 13.1 Å². The topological polar surface area (TPSA) is 119 Å².